The van der Waals surface area contributed by atoms with Gasteiger partial charge in [-0.3, -0.25) is 0 Å². The summed E-state index contributed by atoms with van der Waals surface area (Å²) in [5.74, 6) is 0.960. The van der Waals surface area contributed by atoms with Gasteiger partial charge in [-0.05, 0) is 75.5 Å². The van der Waals surface area contributed by atoms with Crippen LogP contribution in [0.4, 0.5) is 0 Å². The van der Waals surface area contributed by atoms with Crippen LogP contribution in [-0.2, 0) is 22.0 Å². The number of rotatable bonds is 6. The topological polar surface area (TPSA) is 26.3 Å². The van der Waals surface area contributed by atoms with Crippen molar-refractivity contribution >= 4 is 18.1 Å². The van der Waals surface area contributed by atoms with Crippen LogP contribution in [0.1, 0.15) is 93.1 Å². The van der Waals surface area contributed by atoms with Crippen molar-refractivity contribution in [2.75, 3.05) is 7.11 Å². The van der Waals surface area contributed by atoms with Crippen molar-refractivity contribution in [1.29, 1.82) is 0 Å². The van der Waals surface area contributed by atoms with E-state index >= 15 is 0 Å². The van der Waals surface area contributed by atoms with Gasteiger partial charge >= 0.3 is 5.97 Å². The maximum Gasteiger partial charge on any atom is 0.337 e. The van der Waals surface area contributed by atoms with Crippen molar-refractivity contribution in [2.45, 2.75) is 72.1 Å². The van der Waals surface area contributed by atoms with Crippen LogP contribution in [-0.4, -0.2) is 13.1 Å². The third kappa shape index (κ3) is 4.49. The maximum atomic E-state index is 11.7. The molecule has 0 aliphatic heterocycles. The van der Waals surface area contributed by atoms with Crippen LogP contribution in [0.3, 0.4) is 0 Å². The van der Waals surface area contributed by atoms with Gasteiger partial charge in [0.15, 0.2) is 0 Å². The van der Waals surface area contributed by atoms with E-state index in [0.717, 1.165) is 12.0 Å². The molecule has 0 spiro atoms. The first-order valence-corrected chi connectivity index (χ1v) is 11.5. The molecular weight excluding hydrogens is 380 g/mol. The number of methoxy groups -OCH3 is 1. The van der Waals surface area contributed by atoms with Gasteiger partial charge in [-0.2, -0.15) is 0 Å². The summed E-state index contributed by atoms with van der Waals surface area (Å²) in [6.07, 6.45) is 6.68. The van der Waals surface area contributed by atoms with Crippen LogP contribution in [0.2, 0.25) is 0 Å². The molecule has 0 amide bonds. The zero-order chi connectivity index (χ0) is 23.0. The summed E-state index contributed by atoms with van der Waals surface area (Å²) in [4.78, 5) is 11.7. The fourth-order valence-electron chi connectivity index (χ4n) is 4.95. The van der Waals surface area contributed by atoms with Crippen LogP contribution in [0, 0.1) is 11.8 Å². The van der Waals surface area contributed by atoms with Gasteiger partial charge in [0.2, 0.25) is 0 Å². The third-order valence-corrected chi connectivity index (χ3v) is 7.61. The highest BCUT2D eigenvalue weighted by atomic mass is 16.5. The predicted octanol–water partition coefficient (Wildman–Crippen LogP) is 7.44. The number of esters is 1. The highest BCUT2D eigenvalue weighted by Crippen LogP contribution is 2.54. The first kappa shape index (κ1) is 23.3. The minimum Gasteiger partial charge on any atom is -0.465 e. The lowest BCUT2D eigenvalue weighted by atomic mass is 9.71. The van der Waals surface area contributed by atoms with E-state index in [2.05, 4.69) is 72.8 Å². The molecule has 0 N–H and O–H groups in total. The molecule has 31 heavy (non-hydrogen) atoms. The molecule has 0 heterocycles. The highest BCUT2D eigenvalue weighted by molar-refractivity contribution is 5.89. The van der Waals surface area contributed by atoms with Gasteiger partial charge in [-0.15, -0.1) is 0 Å². The minimum atomic E-state index is -0.302. The first-order chi connectivity index (χ1) is 14.5. The molecule has 1 atom stereocenters. The van der Waals surface area contributed by atoms with E-state index in [1.807, 2.05) is 24.3 Å². The van der Waals surface area contributed by atoms with Crippen molar-refractivity contribution in [3.05, 3.63) is 69.8 Å². The van der Waals surface area contributed by atoms with Crippen LogP contribution in [0.15, 0.2) is 36.4 Å². The summed E-state index contributed by atoms with van der Waals surface area (Å²) >= 11 is 0. The Morgan fingerprint density at radius 1 is 1.00 bits per heavy atom. The molecule has 2 aromatic carbocycles. The molecule has 2 heteroatoms. The van der Waals surface area contributed by atoms with Gasteiger partial charge in [0, 0.05) is 0 Å². The second kappa shape index (κ2) is 8.65. The number of benzene rings is 2. The number of ether oxygens (including phenoxy) is 1. The largest absolute Gasteiger partial charge is 0.465 e. The van der Waals surface area contributed by atoms with Crippen molar-refractivity contribution in [3.63, 3.8) is 0 Å². The van der Waals surface area contributed by atoms with E-state index in [0.29, 0.717) is 17.4 Å². The number of hydrogen-bond acceptors (Lipinski definition) is 2. The van der Waals surface area contributed by atoms with Gasteiger partial charge in [0.1, 0.15) is 0 Å². The smallest absolute Gasteiger partial charge is 0.337 e. The monoisotopic (exact) mass is 418 g/mol. The second-order valence-corrected chi connectivity index (χ2v) is 10.6. The molecule has 1 unspecified atom stereocenters. The number of carbonyl (C=O) groups excluding carboxylic acids is 1. The molecule has 2 nitrogen and oxygen atoms in total. The molecule has 2 aromatic rings. The molecule has 0 radical (unpaired) electrons. The van der Waals surface area contributed by atoms with Crippen molar-refractivity contribution in [1.82, 2.24) is 0 Å². The Morgan fingerprint density at radius 2 is 1.58 bits per heavy atom. The fraction of sp³-hybridized carbons (Fsp3) is 0.483. The molecular formula is C29H38O2. The van der Waals surface area contributed by atoms with Gasteiger partial charge in [0.25, 0.3) is 0 Å². The van der Waals surface area contributed by atoms with Crippen LogP contribution in [0.25, 0.3) is 12.2 Å². The fourth-order valence-corrected chi connectivity index (χ4v) is 4.95. The zero-order valence-electron chi connectivity index (χ0n) is 20.5. The molecule has 3 rings (SSSR count). The predicted molar refractivity (Wildman–Crippen MR) is 132 cm³/mol. The quantitative estimate of drug-likeness (QED) is 0.360. The number of carbonyl (C=O) groups is 1. The van der Waals surface area contributed by atoms with E-state index in [1.165, 1.54) is 35.8 Å². The first-order valence-electron chi connectivity index (χ1n) is 11.5. The van der Waals surface area contributed by atoms with Crippen LogP contribution < -0.4 is 0 Å². The molecule has 1 aliphatic carbocycles. The normalized spacial score (nSPS) is 19.1. The minimum absolute atomic E-state index is 0.153. The summed E-state index contributed by atoms with van der Waals surface area (Å²) in [6, 6.07) is 12.5. The Bertz CT molecular complexity index is 975. The summed E-state index contributed by atoms with van der Waals surface area (Å²) in [6.45, 7) is 16.6. The Kier molecular flexibility index (Phi) is 6.51. The molecule has 0 saturated carbocycles. The van der Waals surface area contributed by atoms with Gasteiger partial charge in [-0.25, -0.2) is 4.79 Å². The van der Waals surface area contributed by atoms with Crippen molar-refractivity contribution in [2.24, 2.45) is 11.8 Å². The average Bonchev–Trinajstić information content (AvgIpc) is 2.87. The van der Waals surface area contributed by atoms with Gasteiger partial charge in [0.05, 0.1) is 12.7 Å². The molecule has 0 fully saturated rings. The molecule has 0 saturated heterocycles. The van der Waals surface area contributed by atoms with Crippen molar-refractivity contribution in [3.8, 4) is 0 Å². The molecule has 0 bridgehead atoms. The Balaban J connectivity index is 2.01. The number of fused-ring (bicyclic) bond motifs is 1. The lowest BCUT2D eigenvalue weighted by Crippen LogP contribution is -2.30. The van der Waals surface area contributed by atoms with E-state index in [1.54, 1.807) is 0 Å². The lowest BCUT2D eigenvalue weighted by Gasteiger charge is -2.32. The lowest BCUT2D eigenvalue weighted by molar-refractivity contribution is 0.0600. The standard InChI is InChI=1S/C29H38O2/c1-19(2)9-13-23-17-25-26(29(6,7)20(3)28(25,4)5)18-24(23)16-12-21-10-14-22(15-11-21)27(30)31-8/h10-12,14-20H,9,13H2,1-8H3. The third-order valence-electron chi connectivity index (χ3n) is 7.61. The van der Waals surface area contributed by atoms with Gasteiger partial charge < -0.3 is 4.74 Å². The Labute approximate surface area is 188 Å². The van der Waals surface area contributed by atoms with Crippen molar-refractivity contribution < 1.29 is 9.53 Å². The highest BCUT2D eigenvalue weighted by Gasteiger charge is 2.48. The maximum absolute atomic E-state index is 11.7. The molecule has 166 valence electrons. The number of aryl methyl sites for hydroxylation is 1. The van der Waals surface area contributed by atoms with Crippen LogP contribution in [0.5, 0.6) is 0 Å². The summed E-state index contributed by atoms with van der Waals surface area (Å²) in [5, 5.41) is 0. The van der Waals surface area contributed by atoms with E-state index < -0.39 is 0 Å². The molecule has 1 aliphatic rings. The second-order valence-electron chi connectivity index (χ2n) is 10.6. The van der Waals surface area contributed by atoms with E-state index in [4.69, 9.17) is 4.74 Å². The molecule has 0 aromatic heterocycles. The van der Waals surface area contributed by atoms with E-state index in [9.17, 15) is 4.79 Å². The number of hydrogen-bond donors (Lipinski definition) is 0. The summed E-state index contributed by atoms with van der Waals surface area (Å²) in [7, 11) is 1.41. The average molecular weight is 419 g/mol. The SMILES string of the molecule is COC(=O)c1ccc(C=Cc2cc3c(cc2CCC(C)C)C(C)(C)C(C)C3(C)C)cc1. The Hall–Kier alpha value is -2.35. The van der Waals surface area contributed by atoms with Crippen LogP contribution >= 0.6 is 0 Å². The van der Waals surface area contributed by atoms with Gasteiger partial charge in [-0.1, -0.05) is 84.9 Å². The Morgan fingerprint density at radius 3 is 2.13 bits per heavy atom. The summed E-state index contributed by atoms with van der Waals surface area (Å²) in [5.41, 5.74) is 7.74. The van der Waals surface area contributed by atoms with E-state index in [-0.39, 0.29) is 16.8 Å². The zero-order valence-corrected chi connectivity index (χ0v) is 20.5. The summed E-state index contributed by atoms with van der Waals surface area (Å²) < 4.78 is 4.80.